The quantitative estimate of drug-likeness (QED) is 0.653. The third-order valence-electron chi connectivity index (χ3n) is 3.23. The SMILES string of the molecule is C=CCN1C(=O)NC(=N)C1(C)C1CC1. The van der Waals surface area contributed by atoms with Crippen LogP contribution in [0.15, 0.2) is 12.7 Å². The van der Waals surface area contributed by atoms with Gasteiger partial charge in [0.1, 0.15) is 11.4 Å². The van der Waals surface area contributed by atoms with Gasteiger partial charge in [-0.2, -0.15) is 0 Å². The van der Waals surface area contributed by atoms with Gasteiger partial charge in [0.15, 0.2) is 0 Å². The van der Waals surface area contributed by atoms with Gasteiger partial charge < -0.3 is 4.90 Å². The topological polar surface area (TPSA) is 56.2 Å². The van der Waals surface area contributed by atoms with Gasteiger partial charge in [-0.3, -0.25) is 10.7 Å². The first-order valence-corrected chi connectivity index (χ1v) is 4.89. The Hall–Kier alpha value is -1.32. The van der Waals surface area contributed by atoms with Gasteiger partial charge >= 0.3 is 6.03 Å². The number of nitrogens with one attached hydrogen (secondary N) is 2. The molecule has 0 spiro atoms. The van der Waals surface area contributed by atoms with E-state index in [0.717, 1.165) is 12.8 Å². The number of hydrogen-bond donors (Lipinski definition) is 2. The maximum absolute atomic E-state index is 11.5. The monoisotopic (exact) mass is 193 g/mol. The van der Waals surface area contributed by atoms with Gasteiger partial charge in [-0.05, 0) is 25.7 Å². The molecule has 2 aliphatic rings. The van der Waals surface area contributed by atoms with E-state index in [1.54, 1.807) is 11.0 Å². The average molecular weight is 193 g/mol. The van der Waals surface area contributed by atoms with Gasteiger partial charge in [-0.25, -0.2) is 4.79 Å². The van der Waals surface area contributed by atoms with E-state index >= 15 is 0 Å². The summed E-state index contributed by atoms with van der Waals surface area (Å²) >= 11 is 0. The smallest absolute Gasteiger partial charge is 0.308 e. The Morgan fingerprint density at radius 1 is 1.79 bits per heavy atom. The summed E-state index contributed by atoms with van der Waals surface area (Å²) in [5.41, 5.74) is -0.411. The van der Waals surface area contributed by atoms with Crippen LogP contribution in [0.3, 0.4) is 0 Å². The first kappa shape index (κ1) is 9.24. The van der Waals surface area contributed by atoms with Crippen molar-refractivity contribution in [3.05, 3.63) is 12.7 Å². The fraction of sp³-hybridized carbons (Fsp3) is 0.600. The van der Waals surface area contributed by atoms with Crippen LogP contribution in [0.25, 0.3) is 0 Å². The molecule has 76 valence electrons. The Kier molecular flexibility index (Phi) is 1.87. The van der Waals surface area contributed by atoms with Crippen LogP contribution < -0.4 is 5.32 Å². The largest absolute Gasteiger partial charge is 0.323 e. The molecule has 4 heteroatoms. The number of urea groups is 1. The summed E-state index contributed by atoms with van der Waals surface area (Å²) in [4.78, 5) is 13.3. The maximum atomic E-state index is 11.5. The average Bonchev–Trinajstić information content (AvgIpc) is 2.92. The standard InChI is InChI=1S/C10H15N3O/c1-3-6-13-9(14)12-8(11)10(13,2)7-4-5-7/h3,7H,1,4-6H2,2H3,(H2,11,12,14). The zero-order valence-electron chi connectivity index (χ0n) is 8.34. The van der Waals surface area contributed by atoms with Gasteiger partial charge in [-0.1, -0.05) is 6.08 Å². The van der Waals surface area contributed by atoms with Crippen LogP contribution in [0, 0.1) is 11.3 Å². The zero-order chi connectivity index (χ0) is 10.3. The van der Waals surface area contributed by atoms with E-state index in [1.165, 1.54) is 0 Å². The van der Waals surface area contributed by atoms with Crippen molar-refractivity contribution in [3.63, 3.8) is 0 Å². The first-order valence-electron chi connectivity index (χ1n) is 4.89. The van der Waals surface area contributed by atoms with Gasteiger partial charge in [-0.15, -0.1) is 6.58 Å². The molecule has 1 aliphatic carbocycles. The lowest BCUT2D eigenvalue weighted by atomic mass is 9.94. The molecule has 1 heterocycles. The molecular weight excluding hydrogens is 178 g/mol. The second-order valence-corrected chi connectivity index (χ2v) is 4.13. The molecule has 2 fully saturated rings. The predicted molar refractivity (Wildman–Crippen MR) is 54.3 cm³/mol. The van der Waals surface area contributed by atoms with E-state index in [0.29, 0.717) is 18.3 Å². The number of carbonyl (C=O) groups is 1. The Morgan fingerprint density at radius 3 is 2.93 bits per heavy atom. The Morgan fingerprint density at radius 2 is 2.43 bits per heavy atom. The second-order valence-electron chi connectivity index (χ2n) is 4.13. The van der Waals surface area contributed by atoms with Crippen LogP contribution in [-0.2, 0) is 0 Å². The van der Waals surface area contributed by atoms with E-state index < -0.39 is 5.54 Å². The molecule has 0 bridgehead atoms. The molecule has 0 radical (unpaired) electrons. The highest BCUT2D eigenvalue weighted by atomic mass is 16.2. The molecular formula is C10H15N3O. The number of amides is 2. The van der Waals surface area contributed by atoms with E-state index in [9.17, 15) is 4.79 Å². The van der Waals surface area contributed by atoms with Crippen LogP contribution in [0.2, 0.25) is 0 Å². The van der Waals surface area contributed by atoms with E-state index in [1.807, 2.05) is 6.92 Å². The minimum Gasteiger partial charge on any atom is -0.308 e. The molecule has 1 aliphatic heterocycles. The van der Waals surface area contributed by atoms with E-state index in [-0.39, 0.29) is 6.03 Å². The Balaban J connectivity index is 2.30. The summed E-state index contributed by atoms with van der Waals surface area (Å²) in [6.07, 6.45) is 3.93. The van der Waals surface area contributed by atoms with Crippen molar-refractivity contribution >= 4 is 11.9 Å². The van der Waals surface area contributed by atoms with E-state index in [4.69, 9.17) is 5.41 Å². The van der Waals surface area contributed by atoms with E-state index in [2.05, 4.69) is 11.9 Å². The molecule has 1 atom stereocenters. The maximum Gasteiger partial charge on any atom is 0.323 e. The fourth-order valence-electron chi connectivity index (χ4n) is 2.12. The Labute approximate surface area is 83.5 Å². The summed E-state index contributed by atoms with van der Waals surface area (Å²) in [6.45, 7) is 6.12. The third-order valence-corrected chi connectivity index (χ3v) is 3.23. The molecule has 0 aromatic carbocycles. The normalized spacial score (nSPS) is 31.9. The summed E-state index contributed by atoms with van der Waals surface area (Å²) in [7, 11) is 0. The van der Waals surface area contributed by atoms with Gasteiger partial charge in [0.05, 0.1) is 0 Å². The number of hydrogen-bond acceptors (Lipinski definition) is 2. The number of nitrogens with zero attached hydrogens (tertiary/aromatic N) is 1. The highest BCUT2D eigenvalue weighted by molar-refractivity contribution is 6.08. The van der Waals surface area contributed by atoms with Gasteiger partial charge in [0, 0.05) is 6.54 Å². The zero-order valence-corrected chi connectivity index (χ0v) is 8.34. The molecule has 0 aromatic heterocycles. The number of carbonyl (C=O) groups excluding carboxylic acids is 1. The van der Waals surface area contributed by atoms with Crippen molar-refractivity contribution in [1.82, 2.24) is 10.2 Å². The van der Waals surface area contributed by atoms with Gasteiger partial charge in [0.25, 0.3) is 0 Å². The molecule has 2 N–H and O–H groups in total. The Bertz CT molecular complexity index is 308. The highest BCUT2D eigenvalue weighted by Gasteiger charge is 2.54. The molecule has 1 saturated heterocycles. The van der Waals surface area contributed by atoms with Crippen molar-refractivity contribution in [3.8, 4) is 0 Å². The molecule has 1 unspecified atom stereocenters. The van der Waals surface area contributed by atoms with Crippen LogP contribution >= 0.6 is 0 Å². The third kappa shape index (κ3) is 1.06. The highest BCUT2D eigenvalue weighted by Crippen LogP contribution is 2.45. The van der Waals surface area contributed by atoms with Crippen LogP contribution in [-0.4, -0.2) is 28.9 Å². The van der Waals surface area contributed by atoms with Crippen molar-refractivity contribution < 1.29 is 4.79 Å². The molecule has 4 nitrogen and oxygen atoms in total. The van der Waals surface area contributed by atoms with Gasteiger partial charge in [0.2, 0.25) is 0 Å². The predicted octanol–water partition coefficient (Wildman–Crippen LogP) is 1.34. The summed E-state index contributed by atoms with van der Waals surface area (Å²) in [5.74, 6) is 0.792. The lowest BCUT2D eigenvalue weighted by Crippen LogP contribution is -2.48. The summed E-state index contributed by atoms with van der Waals surface area (Å²) < 4.78 is 0. The van der Waals surface area contributed by atoms with Crippen molar-refractivity contribution in [2.24, 2.45) is 5.92 Å². The van der Waals surface area contributed by atoms with Crippen LogP contribution in [0.1, 0.15) is 19.8 Å². The lowest BCUT2D eigenvalue weighted by Gasteiger charge is -2.32. The minimum atomic E-state index is -0.411. The second kappa shape index (κ2) is 2.83. The molecule has 2 rings (SSSR count). The van der Waals surface area contributed by atoms with Crippen molar-refractivity contribution in [2.45, 2.75) is 25.3 Å². The molecule has 14 heavy (non-hydrogen) atoms. The number of amidine groups is 1. The van der Waals surface area contributed by atoms with Crippen LogP contribution in [0.4, 0.5) is 4.79 Å². The molecule has 1 saturated carbocycles. The molecule has 0 aromatic rings. The van der Waals surface area contributed by atoms with Crippen molar-refractivity contribution in [2.75, 3.05) is 6.54 Å². The summed E-state index contributed by atoms with van der Waals surface area (Å²) in [5, 5.41) is 10.4. The number of rotatable bonds is 3. The van der Waals surface area contributed by atoms with Crippen LogP contribution in [0.5, 0.6) is 0 Å². The molecule has 2 amide bonds. The summed E-state index contributed by atoms with van der Waals surface area (Å²) in [6, 6.07) is -0.163. The minimum absolute atomic E-state index is 0.163. The van der Waals surface area contributed by atoms with Crippen molar-refractivity contribution in [1.29, 1.82) is 5.41 Å². The lowest BCUT2D eigenvalue weighted by molar-refractivity contribution is 0.179. The fourth-order valence-corrected chi connectivity index (χ4v) is 2.12. The first-order chi connectivity index (χ1) is 6.60.